The number of aromatic nitrogens is 2. The molecule has 3 aromatic carbocycles. The standard InChI is InChI=1S/C25H23ClN2O.ClH/c1-18-8-6-7-11-21(18)22-14-20(12-13-23(22)26)25(24-15-27-17-28(24)2)29-16-19-9-4-3-5-10-19;/h3-15,17,25H,16H2,1-2H3;1H. The number of rotatable bonds is 6. The van der Waals surface area contributed by atoms with Crippen LogP contribution in [0, 0.1) is 6.92 Å². The average molecular weight is 439 g/mol. The summed E-state index contributed by atoms with van der Waals surface area (Å²) < 4.78 is 8.39. The molecule has 1 unspecified atom stereocenters. The van der Waals surface area contributed by atoms with E-state index in [4.69, 9.17) is 16.3 Å². The molecule has 1 aromatic heterocycles. The molecule has 0 N–H and O–H groups in total. The van der Waals surface area contributed by atoms with Gasteiger partial charge in [0.1, 0.15) is 6.10 Å². The van der Waals surface area contributed by atoms with Gasteiger partial charge in [-0.15, -0.1) is 12.4 Å². The van der Waals surface area contributed by atoms with Crippen LogP contribution in [-0.2, 0) is 18.4 Å². The Hall–Kier alpha value is -2.59. The summed E-state index contributed by atoms with van der Waals surface area (Å²) in [6.45, 7) is 2.61. The first-order chi connectivity index (χ1) is 14.1. The smallest absolute Gasteiger partial charge is 0.124 e. The van der Waals surface area contributed by atoms with Crippen molar-refractivity contribution in [3.05, 3.63) is 113 Å². The second-order valence-corrected chi connectivity index (χ2v) is 7.57. The van der Waals surface area contributed by atoms with Crippen molar-refractivity contribution in [2.24, 2.45) is 7.05 Å². The number of hydrogen-bond acceptors (Lipinski definition) is 2. The molecule has 0 fully saturated rings. The zero-order chi connectivity index (χ0) is 20.2. The van der Waals surface area contributed by atoms with Gasteiger partial charge in [-0.1, -0.05) is 72.3 Å². The van der Waals surface area contributed by atoms with Gasteiger partial charge >= 0.3 is 0 Å². The van der Waals surface area contributed by atoms with E-state index in [0.29, 0.717) is 6.61 Å². The molecule has 0 saturated carbocycles. The number of halogens is 2. The van der Waals surface area contributed by atoms with Crippen LogP contribution in [-0.4, -0.2) is 9.55 Å². The van der Waals surface area contributed by atoms with Gasteiger partial charge in [-0.25, -0.2) is 4.98 Å². The van der Waals surface area contributed by atoms with Crippen molar-refractivity contribution in [1.29, 1.82) is 0 Å². The highest BCUT2D eigenvalue weighted by molar-refractivity contribution is 6.33. The maximum atomic E-state index is 6.58. The highest BCUT2D eigenvalue weighted by Gasteiger charge is 2.20. The van der Waals surface area contributed by atoms with E-state index in [-0.39, 0.29) is 18.5 Å². The summed E-state index contributed by atoms with van der Waals surface area (Å²) in [6, 6.07) is 24.6. The Labute approximate surface area is 188 Å². The van der Waals surface area contributed by atoms with Crippen LogP contribution in [0.1, 0.15) is 28.5 Å². The van der Waals surface area contributed by atoms with Crippen LogP contribution >= 0.6 is 24.0 Å². The lowest BCUT2D eigenvalue weighted by Gasteiger charge is -2.21. The summed E-state index contributed by atoms with van der Waals surface area (Å²) in [5.41, 5.74) is 6.51. The number of benzene rings is 3. The molecule has 3 nitrogen and oxygen atoms in total. The Morgan fingerprint density at radius 2 is 1.70 bits per heavy atom. The highest BCUT2D eigenvalue weighted by Crippen LogP contribution is 2.35. The van der Waals surface area contributed by atoms with Gasteiger partial charge in [0.2, 0.25) is 0 Å². The normalized spacial score (nSPS) is 11.7. The van der Waals surface area contributed by atoms with Crippen LogP contribution in [0.4, 0.5) is 0 Å². The fourth-order valence-electron chi connectivity index (χ4n) is 3.51. The maximum Gasteiger partial charge on any atom is 0.124 e. The van der Waals surface area contributed by atoms with Gasteiger partial charge in [0.15, 0.2) is 0 Å². The van der Waals surface area contributed by atoms with E-state index < -0.39 is 0 Å². The second-order valence-electron chi connectivity index (χ2n) is 7.16. The molecule has 0 aliphatic carbocycles. The fourth-order valence-corrected chi connectivity index (χ4v) is 3.73. The zero-order valence-corrected chi connectivity index (χ0v) is 18.5. The molecule has 0 spiro atoms. The molecular weight excluding hydrogens is 415 g/mol. The van der Waals surface area contributed by atoms with Crippen LogP contribution in [0.15, 0.2) is 85.3 Å². The second kappa shape index (κ2) is 9.94. The van der Waals surface area contributed by atoms with Crippen molar-refractivity contribution >= 4 is 24.0 Å². The molecular formula is C25H24Cl2N2O. The van der Waals surface area contributed by atoms with E-state index in [2.05, 4.69) is 42.2 Å². The van der Waals surface area contributed by atoms with Crippen molar-refractivity contribution in [3.8, 4) is 11.1 Å². The third-order valence-electron chi connectivity index (χ3n) is 5.11. The largest absolute Gasteiger partial charge is 0.363 e. The van der Waals surface area contributed by atoms with Crippen LogP contribution in [0.3, 0.4) is 0 Å². The minimum Gasteiger partial charge on any atom is -0.363 e. The SMILES string of the molecule is Cc1ccccc1-c1cc(C(OCc2ccccc2)c2cncn2C)ccc1Cl.Cl. The summed E-state index contributed by atoms with van der Waals surface area (Å²) in [7, 11) is 1.99. The Balaban J connectivity index is 0.00000256. The lowest BCUT2D eigenvalue weighted by atomic mass is 9.96. The van der Waals surface area contributed by atoms with Crippen LogP contribution in [0.2, 0.25) is 5.02 Å². The molecule has 0 amide bonds. The molecule has 0 aliphatic heterocycles. The van der Waals surface area contributed by atoms with Crippen molar-refractivity contribution in [2.75, 3.05) is 0 Å². The number of aryl methyl sites for hydroxylation is 2. The number of nitrogens with zero attached hydrogens (tertiary/aromatic N) is 2. The highest BCUT2D eigenvalue weighted by atomic mass is 35.5. The summed E-state index contributed by atoms with van der Waals surface area (Å²) in [5, 5.41) is 0.731. The van der Waals surface area contributed by atoms with E-state index in [1.807, 2.05) is 60.3 Å². The molecule has 5 heteroatoms. The van der Waals surface area contributed by atoms with Crippen molar-refractivity contribution in [2.45, 2.75) is 19.6 Å². The van der Waals surface area contributed by atoms with E-state index >= 15 is 0 Å². The van der Waals surface area contributed by atoms with E-state index in [1.165, 1.54) is 5.56 Å². The van der Waals surface area contributed by atoms with Gasteiger partial charge in [0, 0.05) is 17.6 Å². The van der Waals surface area contributed by atoms with Crippen LogP contribution in [0.25, 0.3) is 11.1 Å². The molecule has 1 heterocycles. The predicted molar refractivity (Wildman–Crippen MR) is 125 cm³/mol. The molecule has 0 radical (unpaired) electrons. The lowest BCUT2D eigenvalue weighted by molar-refractivity contribution is 0.0622. The summed E-state index contributed by atoms with van der Waals surface area (Å²) >= 11 is 6.58. The van der Waals surface area contributed by atoms with E-state index in [9.17, 15) is 0 Å². The van der Waals surface area contributed by atoms with Gasteiger partial charge in [-0.05, 0) is 41.3 Å². The summed E-state index contributed by atoms with van der Waals surface area (Å²) in [5.74, 6) is 0. The van der Waals surface area contributed by atoms with E-state index in [1.54, 1.807) is 6.33 Å². The quantitative estimate of drug-likeness (QED) is 0.331. The van der Waals surface area contributed by atoms with Crippen molar-refractivity contribution < 1.29 is 4.74 Å². The first-order valence-corrected chi connectivity index (χ1v) is 9.98. The number of hydrogen-bond donors (Lipinski definition) is 0. The molecule has 0 aliphatic rings. The van der Waals surface area contributed by atoms with Crippen molar-refractivity contribution in [3.63, 3.8) is 0 Å². The average Bonchev–Trinajstić information content (AvgIpc) is 3.16. The first-order valence-electron chi connectivity index (χ1n) is 9.60. The minimum atomic E-state index is -0.247. The molecule has 30 heavy (non-hydrogen) atoms. The van der Waals surface area contributed by atoms with Crippen LogP contribution < -0.4 is 0 Å². The number of imidazole rings is 1. The van der Waals surface area contributed by atoms with Crippen LogP contribution in [0.5, 0.6) is 0 Å². The third-order valence-corrected chi connectivity index (χ3v) is 5.44. The van der Waals surface area contributed by atoms with E-state index in [0.717, 1.165) is 33.0 Å². The van der Waals surface area contributed by atoms with Gasteiger partial charge < -0.3 is 9.30 Å². The fraction of sp³-hybridized carbons (Fsp3) is 0.160. The Kier molecular flexibility index (Phi) is 7.33. The first kappa shape index (κ1) is 22.1. The lowest BCUT2D eigenvalue weighted by Crippen LogP contribution is -2.10. The monoisotopic (exact) mass is 438 g/mol. The molecule has 4 aromatic rings. The molecule has 0 bridgehead atoms. The van der Waals surface area contributed by atoms with Gasteiger partial charge in [0.05, 0.1) is 24.8 Å². The maximum absolute atomic E-state index is 6.58. The molecule has 154 valence electrons. The Bertz CT molecular complexity index is 1110. The molecule has 0 saturated heterocycles. The van der Waals surface area contributed by atoms with Gasteiger partial charge in [0.25, 0.3) is 0 Å². The third kappa shape index (κ3) is 4.76. The minimum absolute atomic E-state index is 0. The van der Waals surface area contributed by atoms with Crippen molar-refractivity contribution in [1.82, 2.24) is 9.55 Å². The Morgan fingerprint density at radius 1 is 0.967 bits per heavy atom. The summed E-state index contributed by atoms with van der Waals surface area (Å²) in [4.78, 5) is 4.29. The zero-order valence-electron chi connectivity index (χ0n) is 17.0. The van der Waals surface area contributed by atoms with Gasteiger partial charge in [-0.2, -0.15) is 0 Å². The molecule has 1 atom stereocenters. The number of ether oxygens (including phenoxy) is 1. The molecule has 4 rings (SSSR count). The predicted octanol–water partition coefficient (Wildman–Crippen LogP) is 6.78. The summed E-state index contributed by atoms with van der Waals surface area (Å²) in [6.07, 6.45) is 3.41. The Morgan fingerprint density at radius 3 is 2.40 bits per heavy atom. The topological polar surface area (TPSA) is 27.1 Å². The van der Waals surface area contributed by atoms with Gasteiger partial charge in [-0.3, -0.25) is 0 Å².